The number of aryl methyl sites for hydroxylation is 1. The van der Waals surface area contributed by atoms with Crippen LogP contribution in [0.5, 0.6) is 0 Å². The van der Waals surface area contributed by atoms with Crippen molar-refractivity contribution in [2.75, 3.05) is 10.2 Å². The molecule has 0 saturated heterocycles. The van der Waals surface area contributed by atoms with Crippen LogP contribution in [0.2, 0.25) is 0 Å². The lowest BCUT2D eigenvalue weighted by Gasteiger charge is -2.23. The Kier molecular flexibility index (Phi) is 7.27. The van der Waals surface area contributed by atoms with Crippen molar-refractivity contribution in [3.05, 3.63) is 135 Å². The molecule has 2 heterocycles. The monoisotopic (exact) mass is 593 g/mol. The fraction of sp³-hybridized carbons (Fsp3) is 0.176. The lowest BCUT2D eigenvalue weighted by atomic mass is 10.0. The molecule has 218 valence electrons. The van der Waals surface area contributed by atoms with E-state index in [2.05, 4.69) is 17.4 Å². The molecular weight excluding hydrogens is 562 g/mol. The summed E-state index contributed by atoms with van der Waals surface area (Å²) in [6.07, 6.45) is 0. The van der Waals surface area contributed by atoms with E-state index in [0.29, 0.717) is 46.8 Å². The number of fused-ring (bicyclic) bond motifs is 2. The topological polar surface area (TPSA) is 123 Å². The number of hydrogen-bond donors (Lipinski definition) is 2. The van der Waals surface area contributed by atoms with Crippen LogP contribution in [0.15, 0.2) is 111 Å². The molecule has 0 saturated carbocycles. The molecule has 0 radical (unpaired) electrons. The smallest absolute Gasteiger partial charge is 0.240 e. The summed E-state index contributed by atoms with van der Waals surface area (Å²) in [6, 6.07) is 27.6. The van der Waals surface area contributed by atoms with Crippen molar-refractivity contribution in [2.45, 2.75) is 43.1 Å². The van der Waals surface area contributed by atoms with Gasteiger partial charge in [0.25, 0.3) is 0 Å². The third-order valence-electron chi connectivity index (χ3n) is 7.84. The first kappa shape index (κ1) is 28.2. The van der Waals surface area contributed by atoms with Crippen molar-refractivity contribution in [3.63, 3.8) is 0 Å². The van der Waals surface area contributed by atoms with E-state index in [4.69, 9.17) is 10.2 Å². The number of nitrogens with two attached hydrogens (primary N) is 1. The number of carbonyl (C=O) groups is 1. The molecule has 1 amide bonds. The van der Waals surface area contributed by atoms with E-state index in [-0.39, 0.29) is 10.3 Å². The van der Waals surface area contributed by atoms with E-state index in [1.165, 1.54) is 23.3 Å². The molecule has 1 aliphatic heterocycles. The number of rotatable bonds is 8. The van der Waals surface area contributed by atoms with Crippen LogP contribution in [0.1, 0.15) is 46.0 Å². The summed E-state index contributed by atoms with van der Waals surface area (Å²) in [7, 11) is -4.23. The molecule has 1 aliphatic rings. The van der Waals surface area contributed by atoms with Gasteiger partial charge in [0, 0.05) is 24.7 Å². The predicted molar refractivity (Wildman–Crippen MR) is 168 cm³/mol. The Morgan fingerprint density at radius 1 is 0.907 bits per heavy atom. The maximum absolute atomic E-state index is 13.9. The van der Waals surface area contributed by atoms with Crippen LogP contribution in [0.3, 0.4) is 0 Å². The summed E-state index contributed by atoms with van der Waals surface area (Å²) in [5.74, 6) is -0.488. The molecule has 0 fully saturated rings. The van der Waals surface area contributed by atoms with Crippen molar-refractivity contribution in [2.24, 2.45) is 5.73 Å². The van der Waals surface area contributed by atoms with Gasteiger partial charge in [-0.1, -0.05) is 72.8 Å². The van der Waals surface area contributed by atoms with Gasteiger partial charge in [-0.25, -0.2) is 8.42 Å². The second-order valence-electron chi connectivity index (χ2n) is 10.9. The second-order valence-corrected chi connectivity index (χ2v) is 12.9. The van der Waals surface area contributed by atoms with Crippen LogP contribution in [0, 0.1) is 6.92 Å². The van der Waals surface area contributed by atoms with Crippen LogP contribution in [0.25, 0.3) is 11.0 Å². The molecule has 2 unspecified atom stereocenters. The van der Waals surface area contributed by atoms with Gasteiger partial charge < -0.3 is 20.4 Å². The van der Waals surface area contributed by atoms with Gasteiger partial charge in [0.1, 0.15) is 5.58 Å². The maximum Gasteiger partial charge on any atom is 0.240 e. The largest absolute Gasteiger partial charge is 0.440 e. The normalized spacial score (nSPS) is 14.3. The summed E-state index contributed by atoms with van der Waals surface area (Å²) in [5, 5.41) is 2.20. The van der Waals surface area contributed by atoms with Crippen molar-refractivity contribution >= 4 is 38.3 Å². The van der Waals surface area contributed by atoms with Gasteiger partial charge in [0.2, 0.25) is 11.8 Å². The standard InChI is InChI=1S/C34H31N3O5S/c1-21-16-26(32-27(17-21)29(38)18-31(42-32)37-19-24-12-6-7-13-25(24)20-37)22(2)36-28-14-8-9-15-30(28)43(40,41)33(34(35)39)23-10-4-3-5-11-23/h3-18,22,33,36H,19-20H2,1-2H3,(H2,35,39). The molecule has 6 rings (SSSR count). The first-order valence-electron chi connectivity index (χ1n) is 14.0. The maximum atomic E-state index is 13.9. The Hall–Kier alpha value is -4.89. The molecule has 0 bridgehead atoms. The molecule has 5 aromatic rings. The van der Waals surface area contributed by atoms with Crippen molar-refractivity contribution in [1.82, 2.24) is 0 Å². The molecule has 0 aliphatic carbocycles. The third kappa shape index (κ3) is 5.28. The third-order valence-corrected chi connectivity index (χ3v) is 9.94. The highest BCUT2D eigenvalue weighted by Crippen LogP contribution is 2.37. The Bertz CT molecular complexity index is 2000. The highest BCUT2D eigenvalue weighted by atomic mass is 32.2. The first-order valence-corrected chi connectivity index (χ1v) is 15.5. The quantitative estimate of drug-likeness (QED) is 0.233. The van der Waals surface area contributed by atoms with E-state index in [1.807, 2.05) is 36.9 Å². The van der Waals surface area contributed by atoms with Crippen LogP contribution in [0.4, 0.5) is 11.6 Å². The SMILES string of the molecule is Cc1cc(C(C)Nc2ccccc2S(=O)(=O)C(C(N)=O)c2ccccc2)c2oc(N3Cc4ccccc4C3)cc(=O)c2c1. The number of hydrogen-bond acceptors (Lipinski definition) is 7. The number of nitrogens with one attached hydrogen (secondary N) is 1. The fourth-order valence-corrected chi connectivity index (χ4v) is 7.56. The van der Waals surface area contributed by atoms with Crippen molar-refractivity contribution in [3.8, 4) is 0 Å². The minimum atomic E-state index is -4.23. The summed E-state index contributed by atoms with van der Waals surface area (Å²) in [5.41, 5.74) is 10.5. The van der Waals surface area contributed by atoms with E-state index in [1.54, 1.807) is 54.6 Å². The van der Waals surface area contributed by atoms with E-state index >= 15 is 0 Å². The second kappa shape index (κ2) is 11.1. The lowest BCUT2D eigenvalue weighted by Crippen LogP contribution is -2.29. The van der Waals surface area contributed by atoms with Crippen molar-refractivity contribution < 1.29 is 17.6 Å². The molecule has 9 heteroatoms. The first-order chi connectivity index (χ1) is 20.6. The zero-order valence-corrected chi connectivity index (χ0v) is 24.6. The average molecular weight is 594 g/mol. The number of benzene rings is 4. The fourth-order valence-electron chi connectivity index (χ4n) is 5.78. The van der Waals surface area contributed by atoms with Gasteiger partial charge in [-0.3, -0.25) is 9.59 Å². The number of nitrogens with zero attached hydrogens (tertiary/aromatic N) is 1. The Labute approximate surface area is 249 Å². The number of para-hydroxylation sites is 1. The zero-order valence-electron chi connectivity index (χ0n) is 23.8. The summed E-state index contributed by atoms with van der Waals surface area (Å²) in [4.78, 5) is 27.8. The van der Waals surface area contributed by atoms with Crippen molar-refractivity contribution in [1.29, 1.82) is 0 Å². The molecule has 2 atom stereocenters. The van der Waals surface area contributed by atoms with E-state index in [0.717, 1.165) is 5.56 Å². The van der Waals surface area contributed by atoms with Crippen LogP contribution in [-0.4, -0.2) is 14.3 Å². The van der Waals surface area contributed by atoms with Gasteiger partial charge in [-0.2, -0.15) is 0 Å². The number of anilines is 2. The van der Waals surface area contributed by atoms with Crippen LogP contribution in [-0.2, 0) is 27.7 Å². The molecule has 0 spiro atoms. The number of primary amides is 1. The number of sulfone groups is 1. The van der Waals surface area contributed by atoms with Crippen LogP contribution >= 0.6 is 0 Å². The molecule has 4 aromatic carbocycles. The highest BCUT2D eigenvalue weighted by molar-refractivity contribution is 7.92. The predicted octanol–water partition coefficient (Wildman–Crippen LogP) is 5.80. The van der Waals surface area contributed by atoms with Crippen LogP contribution < -0.4 is 21.4 Å². The van der Waals surface area contributed by atoms with Gasteiger partial charge in [0.05, 0.1) is 22.0 Å². The lowest BCUT2D eigenvalue weighted by molar-refractivity contribution is -0.117. The summed E-state index contributed by atoms with van der Waals surface area (Å²) >= 11 is 0. The van der Waals surface area contributed by atoms with E-state index < -0.39 is 27.0 Å². The Balaban J connectivity index is 1.39. The molecule has 1 aromatic heterocycles. The zero-order chi connectivity index (χ0) is 30.3. The molecule has 43 heavy (non-hydrogen) atoms. The van der Waals surface area contributed by atoms with E-state index in [9.17, 15) is 18.0 Å². The molecule has 8 nitrogen and oxygen atoms in total. The number of amides is 1. The summed E-state index contributed by atoms with van der Waals surface area (Å²) in [6.45, 7) is 5.04. The highest BCUT2D eigenvalue weighted by Gasteiger charge is 2.36. The Morgan fingerprint density at radius 2 is 1.53 bits per heavy atom. The Morgan fingerprint density at radius 3 is 2.21 bits per heavy atom. The summed E-state index contributed by atoms with van der Waals surface area (Å²) < 4.78 is 34.2. The molecular formula is C34H31N3O5S. The number of carbonyl (C=O) groups excluding carboxylic acids is 1. The van der Waals surface area contributed by atoms with Gasteiger partial charge in [-0.05, 0) is 54.3 Å². The van der Waals surface area contributed by atoms with Gasteiger partial charge >= 0.3 is 0 Å². The minimum absolute atomic E-state index is 0.0524. The van der Waals surface area contributed by atoms with Gasteiger partial charge in [0.15, 0.2) is 20.5 Å². The average Bonchev–Trinajstić information content (AvgIpc) is 3.42. The minimum Gasteiger partial charge on any atom is -0.440 e. The molecule has 3 N–H and O–H groups in total. The van der Waals surface area contributed by atoms with Gasteiger partial charge in [-0.15, -0.1) is 0 Å².